The van der Waals surface area contributed by atoms with Gasteiger partial charge in [-0.05, 0) is 30.7 Å². The monoisotopic (exact) mass is 326 g/mol. The summed E-state index contributed by atoms with van der Waals surface area (Å²) in [5, 5.41) is 0. The summed E-state index contributed by atoms with van der Waals surface area (Å²) in [6.07, 6.45) is 0.853. The van der Waals surface area contributed by atoms with Crippen molar-refractivity contribution in [1.82, 2.24) is 9.80 Å². The number of amides is 1. The van der Waals surface area contributed by atoms with Gasteiger partial charge in [0.25, 0.3) is 0 Å². The summed E-state index contributed by atoms with van der Waals surface area (Å²) in [5.74, 6) is 0.728. The number of carbonyl (C=O) groups is 1. The second kappa shape index (κ2) is 6.96. The van der Waals surface area contributed by atoms with E-state index in [9.17, 15) is 13.6 Å². The van der Waals surface area contributed by atoms with Crippen molar-refractivity contribution in [3.05, 3.63) is 35.4 Å². The van der Waals surface area contributed by atoms with E-state index in [0.29, 0.717) is 13.1 Å². The highest BCUT2D eigenvalue weighted by Gasteiger charge is 2.31. The summed E-state index contributed by atoms with van der Waals surface area (Å²) in [7, 11) is 0. The van der Waals surface area contributed by atoms with Crippen molar-refractivity contribution in [2.45, 2.75) is 13.0 Å². The zero-order valence-corrected chi connectivity index (χ0v) is 13.2. The molecule has 120 valence electrons. The predicted molar refractivity (Wildman–Crippen MR) is 83.6 cm³/mol. The van der Waals surface area contributed by atoms with E-state index >= 15 is 0 Å². The summed E-state index contributed by atoms with van der Waals surface area (Å²) in [5.41, 5.74) is 0.751. The van der Waals surface area contributed by atoms with Crippen LogP contribution in [0.4, 0.5) is 8.78 Å². The molecule has 0 bridgehead atoms. The van der Waals surface area contributed by atoms with E-state index in [4.69, 9.17) is 0 Å². The van der Waals surface area contributed by atoms with Gasteiger partial charge in [0.2, 0.25) is 5.91 Å². The van der Waals surface area contributed by atoms with E-state index < -0.39 is 11.6 Å². The molecule has 2 heterocycles. The lowest BCUT2D eigenvalue weighted by Crippen LogP contribution is -2.42. The van der Waals surface area contributed by atoms with Gasteiger partial charge in [-0.3, -0.25) is 9.69 Å². The van der Waals surface area contributed by atoms with Gasteiger partial charge in [0.1, 0.15) is 0 Å². The number of hydrogen-bond acceptors (Lipinski definition) is 3. The molecular formula is C16H20F2N2OS. The fourth-order valence-corrected chi connectivity index (χ4v) is 4.02. The van der Waals surface area contributed by atoms with Crippen LogP contribution < -0.4 is 0 Å². The van der Waals surface area contributed by atoms with Crippen LogP contribution in [0.15, 0.2) is 18.2 Å². The van der Waals surface area contributed by atoms with Gasteiger partial charge in [0, 0.05) is 37.7 Å². The molecule has 2 saturated heterocycles. The molecule has 1 amide bonds. The van der Waals surface area contributed by atoms with E-state index in [0.717, 1.165) is 49.2 Å². The van der Waals surface area contributed by atoms with Crippen molar-refractivity contribution in [2.24, 2.45) is 5.92 Å². The fourth-order valence-electron chi connectivity index (χ4n) is 3.12. The Hall–Kier alpha value is -1.14. The van der Waals surface area contributed by atoms with Gasteiger partial charge in [-0.15, -0.1) is 0 Å². The van der Waals surface area contributed by atoms with Crippen LogP contribution >= 0.6 is 11.8 Å². The summed E-state index contributed by atoms with van der Waals surface area (Å²) in [4.78, 5) is 16.6. The third-order valence-corrected chi connectivity index (χ3v) is 5.28. The number of nitrogens with zero attached hydrogens (tertiary/aromatic N) is 2. The van der Waals surface area contributed by atoms with Crippen LogP contribution in [0.2, 0.25) is 0 Å². The maximum Gasteiger partial charge on any atom is 0.227 e. The standard InChI is InChI=1S/C16H20F2N2OS/c17-14-2-1-12(9-15(14)18)10-19-4-3-13(11-19)16(21)20-5-7-22-8-6-20/h1-2,9,13H,3-8,10-11H2. The molecule has 1 unspecified atom stereocenters. The quantitative estimate of drug-likeness (QED) is 0.852. The molecule has 2 aliphatic rings. The van der Waals surface area contributed by atoms with Crippen LogP contribution in [0.5, 0.6) is 0 Å². The average Bonchev–Trinajstić information content (AvgIpc) is 2.99. The van der Waals surface area contributed by atoms with Crippen molar-refractivity contribution in [3.63, 3.8) is 0 Å². The Kier molecular flexibility index (Phi) is 4.98. The maximum absolute atomic E-state index is 13.2. The largest absolute Gasteiger partial charge is 0.341 e. The SMILES string of the molecule is O=C(C1CCN(Cc2ccc(F)c(F)c2)C1)N1CCSCC1. The number of carbonyl (C=O) groups excluding carboxylic acids is 1. The first kappa shape index (κ1) is 15.7. The minimum absolute atomic E-state index is 0.0494. The highest BCUT2D eigenvalue weighted by Crippen LogP contribution is 2.23. The molecule has 0 aliphatic carbocycles. The lowest BCUT2D eigenvalue weighted by molar-refractivity contribution is -0.134. The molecule has 6 heteroatoms. The van der Waals surface area contributed by atoms with Crippen LogP contribution in [0.3, 0.4) is 0 Å². The lowest BCUT2D eigenvalue weighted by atomic mass is 10.1. The first-order valence-electron chi connectivity index (χ1n) is 7.66. The number of likely N-dealkylation sites (tertiary alicyclic amines) is 1. The second-order valence-electron chi connectivity index (χ2n) is 5.91. The molecule has 0 N–H and O–H groups in total. The van der Waals surface area contributed by atoms with Crippen molar-refractivity contribution in [1.29, 1.82) is 0 Å². The first-order valence-corrected chi connectivity index (χ1v) is 8.82. The molecule has 22 heavy (non-hydrogen) atoms. The van der Waals surface area contributed by atoms with Crippen molar-refractivity contribution < 1.29 is 13.6 Å². The van der Waals surface area contributed by atoms with Gasteiger partial charge in [-0.2, -0.15) is 11.8 Å². The Morgan fingerprint density at radius 2 is 1.95 bits per heavy atom. The molecule has 1 aromatic rings. The van der Waals surface area contributed by atoms with Gasteiger partial charge in [-0.25, -0.2) is 8.78 Å². The number of rotatable bonds is 3. The fraction of sp³-hybridized carbons (Fsp3) is 0.562. The molecule has 1 atom stereocenters. The van der Waals surface area contributed by atoms with Crippen molar-refractivity contribution in [3.8, 4) is 0 Å². The Morgan fingerprint density at radius 3 is 2.68 bits per heavy atom. The smallest absolute Gasteiger partial charge is 0.227 e. The van der Waals surface area contributed by atoms with Crippen molar-refractivity contribution >= 4 is 17.7 Å². The van der Waals surface area contributed by atoms with Crippen LogP contribution in [-0.2, 0) is 11.3 Å². The van der Waals surface area contributed by atoms with Gasteiger partial charge in [-0.1, -0.05) is 6.07 Å². The van der Waals surface area contributed by atoms with Crippen LogP contribution in [0, 0.1) is 17.6 Å². The molecule has 3 rings (SSSR count). The zero-order valence-electron chi connectivity index (χ0n) is 12.4. The van der Waals surface area contributed by atoms with Gasteiger partial charge in [0.15, 0.2) is 11.6 Å². The predicted octanol–water partition coefficient (Wildman–Crippen LogP) is 2.36. The molecule has 0 saturated carbocycles. The minimum Gasteiger partial charge on any atom is -0.341 e. The molecule has 0 radical (unpaired) electrons. The molecule has 2 aliphatic heterocycles. The van der Waals surface area contributed by atoms with Crippen LogP contribution in [-0.4, -0.2) is 53.4 Å². The minimum atomic E-state index is -0.818. The Morgan fingerprint density at radius 1 is 1.18 bits per heavy atom. The molecule has 0 aromatic heterocycles. The molecular weight excluding hydrogens is 306 g/mol. The van der Waals surface area contributed by atoms with Gasteiger partial charge < -0.3 is 4.90 Å². The maximum atomic E-state index is 13.2. The highest BCUT2D eigenvalue weighted by atomic mass is 32.2. The van der Waals surface area contributed by atoms with Crippen LogP contribution in [0.1, 0.15) is 12.0 Å². The summed E-state index contributed by atoms with van der Waals surface area (Å²) < 4.78 is 26.2. The Labute approximate surface area is 133 Å². The first-order chi connectivity index (χ1) is 10.6. The van der Waals surface area contributed by atoms with Gasteiger partial charge >= 0.3 is 0 Å². The van der Waals surface area contributed by atoms with Crippen LogP contribution in [0.25, 0.3) is 0 Å². The Balaban J connectivity index is 1.55. The normalized spacial score (nSPS) is 23.0. The summed E-state index contributed by atoms with van der Waals surface area (Å²) >= 11 is 1.89. The van der Waals surface area contributed by atoms with E-state index in [1.54, 1.807) is 6.07 Å². The summed E-state index contributed by atoms with van der Waals surface area (Å²) in [6.45, 7) is 3.81. The van der Waals surface area contributed by atoms with E-state index in [-0.39, 0.29) is 11.8 Å². The summed E-state index contributed by atoms with van der Waals surface area (Å²) in [6, 6.07) is 4.01. The third kappa shape index (κ3) is 3.60. The lowest BCUT2D eigenvalue weighted by Gasteiger charge is -2.29. The average molecular weight is 326 g/mol. The zero-order chi connectivity index (χ0) is 15.5. The number of halogens is 2. The van der Waals surface area contributed by atoms with E-state index in [1.807, 2.05) is 16.7 Å². The number of thioether (sulfide) groups is 1. The van der Waals surface area contributed by atoms with Crippen molar-refractivity contribution in [2.75, 3.05) is 37.7 Å². The molecule has 2 fully saturated rings. The Bertz CT molecular complexity index is 549. The van der Waals surface area contributed by atoms with E-state index in [1.165, 1.54) is 6.07 Å². The highest BCUT2D eigenvalue weighted by molar-refractivity contribution is 7.99. The third-order valence-electron chi connectivity index (χ3n) is 4.33. The number of hydrogen-bond donors (Lipinski definition) is 0. The van der Waals surface area contributed by atoms with Gasteiger partial charge in [0.05, 0.1) is 5.92 Å². The number of benzene rings is 1. The second-order valence-corrected chi connectivity index (χ2v) is 7.13. The molecule has 3 nitrogen and oxygen atoms in total. The van der Waals surface area contributed by atoms with E-state index in [2.05, 4.69) is 4.90 Å². The molecule has 0 spiro atoms. The molecule has 1 aromatic carbocycles. The topological polar surface area (TPSA) is 23.6 Å².